The average molecular weight is 362 g/mol. The topological polar surface area (TPSA) is 119 Å². The number of nitro benzene ring substituents is 1. The molecule has 0 spiro atoms. The van der Waals surface area contributed by atoms with Gasteiger partial charge in [0, 0.05) is 31.3 Å². The molecule has 0 aliphatic carbocycles. The number of hydrogen-bond donors (Lipinski definition) is 1. The standard InChI is InChI=1S/C17H22N4O5/c1-11(18)12-3-2-6-19(8-12)16(22)9-20-14-7-13(21(24)25)4-5-15(14)26-10-17(20)23/h4-5,7,11-12H,2-3,6,8-10,18H2,1H3. The van der Waals surface area contributed by atoms with Crippen molar-refractivity contribution in [2.75, 3.05) is 31.1 Å². The number of nitrogens with two attached hydrogens (primary N) is 1. The van der Waals surface area contributed by atoms with Crippen LogP contribution in [0.1, 0.15) is 19.8 Å². The minimum Gasteiger partial charge on any atom is -0.482 e. The molecule has 2 aliphatic rings. The van der Waals surface area contributed by atoms with Crippen LogP contribution in [0.2, 0.25) is 0 Å². The highest BCUT2D eigenvalue weighted by Gasteiger charge is 2.32. The zero-order valence-corrected chi connectivity index (χ0v) is 14.6. The Bertz CT molecular complexity index is 736. The molecular formula is C17H22N4O5. The second-order valence-corrected chi connectivity index (χ2v) is 6.78. The van der Waals surface area contributed by atoms with Crippen molar-refractivity contribution in [2.45, 2.75) is 25.8 Å². The number of nitrogens with zero attached hydrogens (tertiary/aromatic N) is 3. The van der Waals surface area contributed by atoms with Gasteiger partial charge in [0.2, 0.25) is 5.91 Å². The van der Waals surface area contributed by atoms with E-state index in [1.165, 1.54) is 23.1 Å². The number of fused-ring (bicyclic) bond motifs is 1. The highest BCUT2D eigenvalue weighted by atomic mass is 16.6. The molecule has 1 fully saturated rings. The van der Waals surface area contributed by atoms with Crippen molar-refractivity contribution in [3.63, 3.8) is 0 Å². The summed E-state index contributed by atoms with van der Waals surface area (Å²) in [5.74, 6) is 0.00622. The monoisotopic (exact) mass is 362 g/mol. The maximum atomic E-state index is 12.7. The van der Waals surface area contributed by atoms with E-state index in [-0.39, 0.29) is 42.4 Å². The van der Waals surface area contributed by atoms with Crippen LogP contribution < -0.4 is 15.4 Å². The number of nitro groups is 1. The molecule has 0 bridgehead atoms. The first-order valence-corrected chi connectivity index (χ1v) is 8.61. The molecule has 2 atom stereocenters. The zero-order chi connectivity index (χ0) is 18.8. The lowest BCUT2D eigenvalue weighted by Gasteiger charge is -2.36. The summed E-state index contributed by atoms with van der Waals surface area (Å²) in [5.41, 5.74) is 6.06. The van der Waals surface area contributed by atoms with Gasteiger partial charge >= 0.3 is 0 Å². The Balaban J connectivity index is 1.79. The fraction of sp³-hybridized carbons (Fsp3) is 0.529. The van der Waals surface area contributed by atoms with Crippen molar-refractivity contribution in [3.05, 3.63) is 28.3 Å². The van der Waals surface area contributed by atoms with Crippen LogP contribution in [0.3, 0.4) is 0 Å². The van der Waals surface area contributed by atoms with E-state index >= 15 is 0 Å². The Morgan fingerprint density at radius 3 is 2.96 bits per heavy atom. The van der Waals surface area contributed by atoms with E-state index in [1.54, 1.807) is 4.90 Å². The van der Waals surface area contributed by atoms with E-state index in [1.807, 2.05) is 6.92 Å². The smallest absolute Gasteiger partial charge is 0.271 e. The largest absolute Gasteiger partial charge is 0.482 e. The zero-order valence-electron chi connectivity index (χ0n) is 14.6. The molecule has 1 aromatic rings. The van der Waals surface area contributed by atoms with E-state index in [0.29, 0.717) is 18.8 Å². The van der Waals surface area contributed by atoms with Gasteiger partial charge in [-0.2, -0.15) is 0 Å². The molecule has 0 aromatic heterocycles. The molecule has 0 saturated carbocycles. The molecule has 2 heterocycles. The molecule has 140 valence electrons. The molecule has 3 rings (SSSR count). The Morgan fingerprint density at radius 2 is 2.27 bits per heavy atom. The molecule has 9 heteroatoms. The lowest BCUT2D eigenvalue weighted by Crippen LogP contribution is -2.50. The second kappa shape index (κ2) is 7.28. The molecule has 0 radical (unpaired) electrons. The second-order valence-electron chi connectivity index (χ2n) is 6.78. The predicted molar refractivity (Wildman–Crippen MR) is 93.9 cm³/mol. The van der Waals surface area contributed by atoms with E-state index in [0.717, 1.165) is 12.8 Å². The van der Waals surface area contributed by atoms with Gasteiger partial charge in [-0.15, -0.1) is 0 Å². The minimum absolute atomic E-state index is 0.000931. The SMILES string of the molecule is CC(N)C1CCCN(C(=O)CN2C(=O)COc3ccc([N+](=O)[O-])cc32)C1. The van der Waals surface area contributed by atoms with Gasteiger partial charge in [-0.3, -0.25) is 24.6 Å². The first kappa shape index (κ1) is 18.1. The summed E-state index contributed by atoms with van der Waals surface area (Å²) in [6.45, 7) is 2.77. The number of non-ortho nitro benzene ring substituents is 1. The summed E-state index contributed by atoms with van der Waals surface area (Å²) in [4.78, 5) is 38.5. The van der Waals surface area contributed by atoms with Gasteiger partial charge in [0.15, 0.2) is 6.61 Å². The number of hydrogen-bond acceptors (Lipinski definition) is 6. The number of benzene rings is 1. The van der Waals surface area contributed by atoms with Gasteiger partial charge in [0.05, 0.1) is 10.6 Å². The van der Waals surface area contributed by atoms with Crippen LogP contribution in [0.4, 0.5) is 11.4 Å². The van der Waals surface area contributed by atoms with Crippen LogP contribution in [-0.4, -0.2) is 53.9 Å². The quantitative estimate of drug-likeness (QED) is 0.628. The Hall–Kier alpha value is -2.68. The Kier molecular flexibility index (Phi) is 5.08. The van der Waals surface area contributed by atoms with Crippen molar-refractivity contribution in [1.29, 1.82) is 0 Å². The van der Waals surface area contributed by atoms with E-state index in [4.69, 9.17) is 10.5 Å². The first-order valence-electron chi connectivity index (χ1n) is 8.61. The van der Waals surface area contributed by atoms with Crippen LogP contribution in [0.25, 0.3) is 0 Å². The molecule has 9 nitrogen and oxygen atoms in total. The maximum Gasteiger partial charge on any atom is 0.271 e. The summed E-state index contributed by atoms with van der Waals surface area (Å²) in [6, 6.07) is 4.02. The van der Waals surface area contributed by atoms with Crippen molar-refractivity contribution < 1.29 is 19.2 Å². The first-order chi connectivity index (χ1) is 12.4. The summed E-state index contributed by atoms with van der Waals surface area (Å²) in [7, 11) is 0. The third-order valence-corrected chi connectivity index (χ3v) is 4.94. The minimum atomic E-state index is -0.544. The van der Waals surface area contributed by atoms with Crippen molar-refractivity contribution >= 4 is 23.2 Å². The highest BCUT2D eigenvalue weighted by Crippen LogP contribution is 2.35. The van der Waals surface area contributed by atoms with E-state index < -0.39 is 10.8 Å². The van der Waals surface area contributed by atoms with Gasteiger partial charge < -0.3 is 15.4 Å². The molecule has 1 saturated heterocycles. The lowest BCUT2D eigenvalue weighted by atomic mass is 9.92. The van der Waals surface area contributed by atoms with Gasteiger partial charge in [-0.25, -0.2) is 0 Å². The van der Waals surface area contributed by atoms with Crippen LogP contribution in [0.5, 0.6) is 5.75 Å². The summed E-state index contributed by atoms with van der Waals surface area (Å²) in [5, 5.41) is 11.0. The number of ether oxygens (including phenoxy) is 1. The fourth-order valence-electron chi connectivity index (χ4n) is 3.38. The van der Waals surface area contributed by atoms with E-state index in [2.05, 4.69) is 0 Å². The van der Waals surface area contributed by atoms with Crippen molar-refractivity contribution in [3.8, 4) is 5.75 Å². The van der Waals surface area contributed by atoms with Gasteiger partial charge in [0.1, 0.15) is 12.3 Å². The number of rotatable bonds is 4. The third-order valence-electron chi connectivity index (χ3n) is 4.94. The number of carbonyl (C=O) groups excluding carboxylic acids is 2. The number of likely N-dealkylation sites (tertiary alicyclic amines) is 1. The summed E-state index contributed by atoms with van der Waals surface area (Å²) < 4.78 is 5.32. The molecule has 2 unspecified atom stereocenters. The average Bonchev–Trinajstić information content (AvgIpc) is 2.63. The van der Waals surface area contributed by atoms with Crippen LogP contribution in [0.15, 0.2) is 18.2 Å². The molecule has 2 N–H and O–H groups in total. The molecule has 2 aliphatic heterocycles. The molecule has 2 amide bonds. The van der Waals surface area contributed by atoms with Crippen LogP contribution in [0, 0.1) is 16.0 Å². The number of anilines is 1. The van der Waals surface area contributed by atoms with Crippen LogP contribution >= 0.6 is 0 Å². The summed E-state index contributed by atoms with van der Waals surface area (Å²) in [6.07, 6.45) is 1.85. The fourth-order valence-corrected chi connectivity index (χ4v) is 3.38. The molecule has 26 heavy (non-hydrogen) atoms. The van der Waals surface area contributed by atoms with Gasteiger partial charge in [-0.05, 0) is 31.7 Å². The normalized spacial score (nSPS) is 21.0. The van der Waals surface area contributed by atoms with E-state index in [9.17, 15) is 19.7 Å². The Labute approximate surface area is 150 Å². The number of carbonyl (C=O) groups is 2. The summed E-state index contributed by atoms with van der Waals surface area (Å²) >= 11 is 0. The van der Waals surface area contributed by atoms with Gasteiger partial charge in [-0.1, -0.05) is 0 Å². The van der Waals surface area contributed by atoms with Crippen LogP contribution in [-0.2, 0) is 9.59 Å². The number of amides is 2. The van der Waals surface area contributed by atoms with Gasteiger partial charge in [0.25, 0.3) is 11.6 Å². The Morgan fingerprint density at radius 1 is 1.50 bits per heavy atom. The lowest BCUT2D eigenvalue weighted by molar-refractivity contribution is -0.384. The van der Waals surface area contributed by atoms with Crippen molar-refractivity contribution in [2.24, 2.45) is 11.7 Å². The molecular weight excluding hydrogens is 340 g/mol. The highest BCUT2D eigenvalue weighted by molar-refractivity contribution is 6.02. The number of piperidine rings is 1. The maximum absolute atomic E-state index is 12.7. The van der Waals surface area contributed by atoms with Crippen molar-refractivity contribution in [1.82, 2.24) is 4.90 Å². The third kappa shape index (κ3) is 3.62. The molecule has 1 aromatic carbocycles. The predicted octanol–water partition coefficient (Wildman–Crippen LogP) is 0.906.